The van der Waals surface area contributed by atoms with Crippen molar-refractivity contribution in [2.75, 3.05) is 0 Å². The van der Waals surface area contributed by atoms with Crippen LogP contribution in [0.25, 0.3) is 10.6 Å². The van der Waals surface area contributed by atoms with Crippen LogP contribution in [0.2, 0.25) is 0 Å². The van der Waals surface area contributed by atoms with Gasteiger partial charge in [-0.25, -0.2) is 9.37 Å². The van der Waals surface area contributed by atoms with Crippen LogP contribution in [-0.2, 0) is 11.2 Å². The molecule has 1 aromatic carbocycles. The fourth-order valence-electron chi connectivity index (χ4n) is 1.63. The van der Waals surface area contributed by atoms with Crippen molar-refractivity contribution in [3.63, 3.8) is 0 Å². The molecule has 0 fully saturated rings. The van der Waals surface area contributed by atoms with Gasteiger partial charge in [-0.1, -0.05) is 12.1 Å². The summed E-state index contributed by atoms with van der Waals surface area (Å²) in [7, 11) is 0. The number of carbonyl (C=O) groups is 1. The molecule has 94 valence electrons. The zero-order chi connectivity index (χ0) is 13.1. The van der Waals surface area contributed by atoms with Crippen molar-refractivity contribution in [1.29, 1.82) is 0 Å². The maximum Gasteiger partial charge on any atom is 0.303 e. The molecule has 3 nitrogen and oxygen atoms in total. The minimum absolute atomic E-state index is 0.0692. The SMILES string of the molecule is Cc1nc(-c2ccccc2F)sc1CCC(=O)O. The molecule has 0 spiro atoms. The molecule has 0 unspecified atom stereocenters. The van der Waals surface area contributed by atoms with Gasteiger partial charge in [0, 0.05) is 10.4 Å². The summed E-state index contributed by atoms with van der Waals surface area (Å²) in [6.45, 7) is 1.82. The smallest absolute Gasteiger partial charge is 0.303 e. The van der Waals surface area contributed by atoms with E-state index in [0.29, 0.717) is 17.0 Å². The summed E-state index contributed by atoms with van der Waals surface area (Å²) in [4.78, 5) is 15.7. The third-order valence-corrected chi connectivity index (χ3v) is 3.81. The second kappa shape index (κ2) is 5.27. The van der Waals surface area contributed by atoms with E-state index in [9.17, 15) is 9.18 Å². The van der Waals surface area contributed by atoms with Crippen LogP contribution in [-0.4, -0.2) is 16.1 Å². The summed E-state index contributed by atoms with van der Waals surface area (Å²) >= 11 is 1.35. The summed E-state index contributed by atoms with van der Waals surface area (Å²) in [5, 5.41) is 9.26. The topological polar surface area (TPSA) is 50.2 Å². The maximum atomic E-state index is 13.6. The Balaban J connectivity index is 2.29. The van der Waals surface area contributed by atoms with Crippen molar-refractivity contribution in [3.05, 3.63) is 40.7 Å². The number of hydrogen-bond donors (Lipinski definition) is 1. The molecule has 1 heterocycles. The van der Waals surface area contributed by atoms with Crippen LogP contribution in [0.4, 0.5) is 4.39 Å². The molecule has 0 aliphatic heterocycles. The van der Waals surface area contributed by atoms with E-state index < -0.39 is 5.97 Å². The quantitative estimate of drug-likeness (QED) is 0.923. The minimum Gasteiger partial charge on any atom is -0.481 e. The van der Waals surface area contributed by atoms with Crippen molar-refractivity contribution >= 4 is 17.3 Å². The van der Waals surface area contributed by atoms with Crippen LogP contribution in [0, 0.1) is 12.7 Å². The lowest BCUT2D eigenvalue weighted by Crippen LogP contribution is -1.96. The van der Waals surface area contributed by atoms with Crippen LogP contribution < -0.4 is 0 Å². The lowest BCUT2D eigenvalue weighted by atomic mass is 10.2. The van der Waals surface area contributed by atoms with E-state index in [4.69, 9.17) is 5.11 Å². The molecule has 0 aliphatic carbocycles. The number of carboxylic acid groups (broad SMARTS) is 1. The molecule has 2 rings (SSSR count). The predicted octanol–water partition coefficient (Wildman–Crippen LogP) is 3.27. The van der Waals surface area contributed by atoms with Gasteiger partial charge in [-0.15, -0.1) is 11.3 Å². The second-order valence-corrected chi connectivity index (χ2v) is 4.98. The monoisotopic (exact) mass is 265 g/mol. The molecule has 0 aliphatic rings. The van der Waals surface area contributed by atoms with E-state index in [-0.39, 0.29) is 12.2 Å². The number of rotatable bonds is 4. The van der Waals surface area contributed by atoms with Crippen molar-refractivity contribution in [1.82, 2.24) is 4.98 Å². The van der Waals surface area contributed by atoms with Crippen molar-refractivity contribution in [2.24, 2.45) is 0 Å². The zero-order valence-corrected chi connectivity index (χ0v) is 10.6. The molecular weight excluding hydrogens is 253 g/mol. The normalized spacial score (nSPS) is 10.6. The average molecular weight is 265 g/mol. The third kappa shape index (κ3) is 2.73. The molecule has 18 heavy (non-hydrogen) atoms. The molecule has 5 heteroatoms. The van der Waals surface area contributed by atoms with Gasteiger partial charge in [0.2, 0.25) is 0 Å². The lowest BCUT2D eigenvalue weighted by Gasteiger charge is -1.96. The highest BCUT2D eigenvalue weighted by Crippen LogP contribution is 2.30. The summed E-state index contributed by atoms with van der Waals surface area (Å²) in [6.07, 6.45) is 0.507. The number of benzene rings is 1. The number of aryl methyl sites for hydroxylation is 2. The molecule has 1 N–H and O–H groups in total. The van der Waals surface area contributed by atoms with Gasteiger partial charge in [0.25, 0.3) is 0 Å². The van der Waals surface area contributed by atoms with Gasteiger partial charge in [0.05, 0.1) is 12.1 Å². The molecule has 1 aromatic heterocycles. The van der Waals surface area contributed by atoms with E-state index in [1.54, 1.807) is 18.2 Å². The number of hydrogen-bond acceptors (Lipinski definition) is 3. The van der Waals surface area contributed by atoms with Gasteiger partial charge in [-0.2, -0.15) is 0 Å². The summed E-state index contributed by atoms with van der Waals surface area (Å²) < 4.78 is 13.6. The standard InChI is InChI=1S/C13H12FNO2S/c1-8-11(6-7-12(16)17)18-13(15-8)9-4-2-3-5-10(9)14/h2-5H,6-7H2,1H3,(H,16,17). The van der Waals surface area contributed by atoms with Gasteiger partial charge in [0.15, 0.2) is 0 Å². The Morgan fingerprint density at radius 1 is 1.44 bits per heavy atom. The Bertz CT molecular complexity index is 580. The number of carboxylic acids is 1. The third-order valence-electron chi connectivity index (χ3n) is 2.56. The van der Waals surface area contributed by atoms with Crippen LogP contribution in [0.3, 0.4) is 0 Å². The van der Waals surface area contributed by atoms with Gasteiger partial charge < -0.3 is 5.11 Å². The molecule has 0 saturated carbocycles. The number of thiazole rings is 1. The van der Waals surface area contributed by atoms with Crippen molar-refractivity contribution < 1.29 is 14.3 Å². The van der Waals surface area contributed by atoms with E-state index in [2.05, 4.69) is 4.98 Å². The van der Waals surface area contributed by atoms with Crippen molar-refractivity contribution in [3.8, 4) is 10.6 Å². The second-order valence-electron chi connectivity index (χ2n) is 3.90. The fraction of sp³-hybridized carbons (Fsp3) is 0.231. The molecule has 0 amide bonds. The first-order valence-electron chi connectivity index (χ1n) is 5.51. The first-order chi connectivity index (χ1) is 8.58. The van der Waals surface area contributed by atoms with E-state index >= 15 is 0 Å². The average Bonchev–Trinajstić information content (AvgIpc) is 2.68. The van der Waals surface area contributed by atoms with Crippen LogP contribution >= 0.6 is 11.3 Å². The largest absolute Gasteiger partial charge is 0.481 e. The number of aliphatic carboxylic acids is 1. The molecule has 0 radical (unpaired) electrons. The molecule has 0 saturated heterocycles. The first kappa shape index (κ1) is 12.7. The van der Waals surface area contributed by atoms with Gasteiger partial charge >= 0.3 is 5.97 Å². The Labute approximate surface area is 108 Å². The van der Waals surface area contributed by atoms with Crippen molar-refractivity contribution in [2.45, 2.75) is 19.8 Å². The van der Waals surface area contributed by atoms with Gasteiger partial charge in [-0.05, 0) is 25.5 Å². The number of halogens is 1. The van der Waals surface area contributed by atoms with Crippen LogP contribution in [0.1, 0.15) is 17.0 Å². The van der Waals surface area contributed by atoms with E-state index in [0.717, 1.165) is 10.6 Å². The van der Waals surface area contributed by atoms with Gasteiger partial charge in [0.1, 0.15) is 10.8 Å². The summed E-state index contributed by atoms with van der Waals surface area (Å²) in [5.74, 6) is -1.15. The molecular formula is C13H12FNO2S. The Hall–Kier alpha value is -1.75. The molecule has 0 bridgehead atoms. The molecule has 0 atom stereocenters. The van der Waals surface area contributed by atoms with E-state index in [1.165, 1.54) is 17.4 Å². The Kier molecular flexibility index (Phi) is 3.72. The highest BCUT2D eigenvalue weighted by atomic mass is 32.1. The number of nitrogens with zero attached hydrogens (tertiary/aromatic N) is 1. The summed E-state index contributed by atoms with van der Waals surface area (Å²) in [5.41, 5.74) is 1.24. The highest BCUT2D eigenvalue weighted by molar-refractivity contribution is 7.15. The lowest BCUT2D eigenvalue weighted by molar-refractivity contribution is -0.136. The highest BCUT2D eigenvalue weighted by Gasteiger charge is 2.13. The maximum absolute atomic E-state index is 13.6. The summed E-state index contributed by atoms with van der Waals surface area (Å²) in [6, 6.07) is 6.45. The fourth-order valence-corrected chi connectivity index (χ4v) is 2.72. The zero-order valence-electron chi connectivity index (χ0n) is 9.81. The molecule has 2 aromatic rings. The number of aromatic nitrogens is 1. The first-order valence-corrected chi connectivity index (χ1v) is 6.32. The van der Waals surface area contributed by atoms with Crippen LogP contribution in [0.15, 0.2) is 24.3 Å². The Morgan fingerprint density at radius 2 is 2.17 bits per heavy atom. The predicted molar refractivity (Wildman–Crippen MR) is 68.2 cm³/mol. The minimum atomic E-state index is -0.838. The Morgan fingerprint density at radius 3 is 2.83 bits per heavy atom. The van der Waals surface area contributed by atoms with Gasteiger partial charge in [-0.3, -0.25) is 4.79 Å². The van der Waals surface area contributed by atoms with E-state index in [1.807, 2.05) is 6.92 Å². The van der Waals surface area contributed by atoms with Crippen LogP contribution in [0.5, 0.6) is 0 Å².